The van der Waals surface area contributed by atoms with Crippen molar-refractivity contribution in [3.05, 3.63) is 58.9 Å². The minimum absolute atomic E-state index is 0.0387. The molecule has 34 heavy (non-hydrogen) atoms. The number of ether oxygens (including phenoxy) is 1. The van der Waals surface area contributed by atoms with Crippen molar-refractivity contribution in [2.24, 2.45) is 11.3 Å². The number of piperidine rings is 3. The van der Waals surface area contributed by atoms with Gasteiger partial charge in [-0.15, -0.1) is 0 Å². The summed E-state index contributed by atoms with van der Waals surface area (Å²) in [6.45, 7) is 9.50. The maximum atomic E-state index is 15.5. The van der Waals surface area contributed by atoms with Crippen LogP contribution in [0.4, 0.5) is 9.18 Å². The Morgan fingerprint density at radius 1 is 1.21 bits per heavy atom. The first-order valence-electron chi connectivity index (χ1n) is 12.9. The number of carbonyl (C=O) groups is 1. The summed E-state index contributed by atoms with van der Waals surface area (Å²) >= 11 is 0. The van der Waals surface area contributed by atoms with E-state index in [-0.39, 0.29) is 29.5 Å². The molecule has 2 aromatic rings. The van der Waals surface area contributed by atoms with Gasteiger partial charge >= 0.3 is 6.09 Å². The minimum atomic E-state index is -0.374. The van der Waals surface area contributed by atoms with Crippen LogP contribution in [0.3, 0.4) is 0 Å². The molecule has 1 amide bonds. The summed E-state index contributed by atoms with van der Waals surface area (Å²) < 4.78 is 21.4. The summed E-state index contributed by atoms with van der Waals surface area (Å²) in [4.78, 5) is 15.4. The van der Waals surface area contributed by atoms with Crippen molar-refractivity contribution in [2.75, 3.05) is 19.6 Å². The molecule has 5 heteroatoms. The van der Waals surface area contributed by atoms with Crippen molar-refractivity contribution in [1.82, 2.24) is 10.2 Å². The monoisotopic (exact) mass is 464 g/mol. The van der Waals surface area contributed by atoms with E-state index in [9.17, 15) is 4.79 Å². The largest absolute Gasteiger partial charge is 0.445 e. The number of fused-ring (bicyclic) bond motifs is 4. The molecule has 3 saturated heterocycles. The fraction of sp³-hybridized carbons (Fsp3) is 0.552. The predicted octanol–water partition coefficient (Wildman–Crippen LogP) is 6.28. The van der Waals surface area contributed by atoms with Crippen LogP contribution in [0, 0.1) is 17.2 Å². The molecule has 0 aromatic heterocycles. The van der Waals surface area contributed by atoms with E-state index in [1.54, 1.807) is 6.07 Å². The van der Waals surface area contributed by atoms with Crippen LogP contribution in [0.2, 0.25) is 0 Å². The topological polar surface area (TPSA) is 41.6 Å². The van der Waals surface area contributed by atoms with E-state index in [0.717, 1.165) is 74.8 Å². The Labute approximate surface area is 202 Å². The number of hydrogen-bond acceptors (Lipinski definition) is 3. The van der Waals surface area contributed by atoms with Crippen LogP contribution in [0.1, 0.15) is 69.2 Å². The number of carbonyl (C=O) groups excluding carboxylic acids is 1. The lowest BCUT2D eigenvalue weighted by Crippen LogP contribution is -2.53. The normalized spacial score (nSPS) is 27.2. The number of amides is 1. The predicted molar refractivity (Wildman–Crippen MR) is 133 cm³/mol. The van der Waals surface area contributed by atoms with E-state index in [0.29, 0.717) is 11.5 Å². The third kappa shape index (κ3) is 4.59. The Balaban J connectivity index is 1.38. The van der Waals surface area contributed by atoms with Gasteiger partial charge in [-0.2, -0.15) is 0 Å². The molecule has 2 atom stereocenters. The summed E-state index contributed by atoms with van der Waals surface area (Å²) in [5, 5.41) is 3.14. The molecule has 182 valence electrons. The van der Waals surface area contributed by atoms with E-state index in [1.807, 2.05) is 18.2 Å². The quantitative estimate of drug-likeness (QED) is 0.566. The Morgan fingerprint density at radius 3 is 2.71 bits per heavy atom. The maximum absolute atomic E-state index is 15.5. The number of rotatable bonds is 5. The molecule has 2 aromatic carbocycles. The van der Waals surface area contributed by atoms with Crippen LogP contribution in [-0.2, 0) is 17.6 Å². The molecular weight excluding hydrogens is 427 g/mol. The maximum Gasteiger partial charge on any atom is 0.407 e. The first-order chi connectivity index (χ1) is 16.3. The molecular formula is C29H37FN2O2. The third-order valence-corrected chi connectivity index (χ3v) is 8.25. The molecule has 6 rings (SSSR count). The van der Waals surface area contributed by atoms with Crippen LogP contribution in [0.25, 0.3) is 11.1 Å². The Morgan fingerprint density at radius 2 is 2.00 bits per heavy atom. The van der Waals surface area contributed by atoms with Crippen molar-refractivity contribution in [1.29, 1.82) is 0 Å². The van der Waals surface area contributed by atoms with Crippen LogP contribution in [0.15, 0.2) is 36.4 Å². The van der Waals surface area contributed by atoms with Crippen molar-refractivity contribution >= 4 is 6.09 Å². The van der Waals surface area contributed by atoms with E-state index in [2.05, 4.69) is 43.1 Å². The number of nitrogens with zero attached hydrogens (tertiary/aromatic N) is 1. The molecule has 1 N–H and O–H groups in total. The van der Waals surface area contributed by atoms with Crippen molar-refractivity contribution in [3.8, 4) is 11.1 Å². The molecule has 3 aliphatic heterocycles. The molecule has 4 aliphatic rings. The lowest BCUT2D eigenvalue weighted by molar-refractivity contribution is -0.0353. The van der Waals surface area contributed by atoms with E-state index in [1.165, 1.54) is 5.56 Å². The number of halogens is 1. The van der Waals surface area contributed by atoms with Gasteiger partial charge in [0.15, 0.2) is 0 Å². The summed E-state index contributed by atoms with van der Waals surface area (Å²) in [6, 6.07) is 11.6. The molecule has 2 bridgehead atoms. The fourth-order valence-corrected chi connectivity index (χ4v) is 6.15. The standard InChI is InChI=1S/C29H37FN2O2/c1-4-6-19-7-5-8-21(15-19)23-16-22-9-12-29(2,3)27(24(22)17-25(23)30)31-28(33)34-26-18-32-13-10-20(26)11-14-32/h5,7-8,15-17,20,26-27H,4,6,9-14,18H2,1-3H3,(H,31,33)/t26-,27+/m1/s1. The van der Waals surface area contributed by atoms with Crippen LogP contribution >= 0.6 is 0 Å². The molecule has 4 nitrogen and oxygen atoms in total. The Bertz CT molecular complexity index is 1060. The van der Waals surface area contributed by atoms with Crippen LogP contribution in [-0.4, -0.2) is 36.7 Å². The van der Waals surface area contributed by atoms with E-state index < -0.39 is 0 Å². The minimum Gasteiger partial charge on any atom is -0.445 e. The third-order valence-electron chi connectivity index (χ3n) is 8.25. The molecule has 0 spiro atoms. The average Bonchev–Trinajstić information content (AvgIpc) is 2.82. The summed E-state index contributed by atoms with van der Waals surface area (Å²) in [5.41, 5.74) is 4.61. The number of aryl methyl sites for hydroxylation is 2. The van der Waals surface area contributed by atoms with Gasteiger partial charge in [0.1, 0.15) is 11.9 Å². The average molecular weight is 465 g/mol. The number of nitrogens with one attached hydrogen (secondary N) is 1. The van der Waals surface area contributed by atoms with E-state index >= 15 is 4.39 Å². The smallest absolute Gasteiger partial charge is 0.407 e. The number of hydrogen-bond donors (Lipinski definition) is 1. The molecule has 0 saturated carbocycles. The molecule has 3 heterocycles. The lowest BCUT2D eigenvalue weighted by Gasteiger charge is -2.44. The van der Waals surface area contributed by atoms with Gasteiger partial charge in [0.2, 0.25) is 0 Å². The summed E-state index contributed by atoms with van der Waals surface area (Å²) in [5.74, 6) is 0.230. The summed E-state index contributed by atoms with van der Waals surface area (Å²) in [6.07, 6.45) is 5.63. The highest BCUT2D eigenvalue weighted by molar-refractivity contribution is 5.70. The fourth-order valence-electron chi connectivity index (χ4n) is 6.15. The van der Waals surface area contributed by atoms with Crippen molar-refractivity contribution < 1.29 is 13.9 Å². The van der Waals surface area contributed by atoms with Gasteiger partial charge in [-0.05, 0) is 90.9 Å². The summed E-state index contributed by atoms with van der Waals surface area (Å²) in [7, 11) is 0. The zero-order valence-electron chi connectivity index (χ0n) is 20.7. The lowest BCUT2D eigenvalue weighted by atomic mass is 9.70. The second-order valence-corrected chi connectivity index (χ2v) is 11.1. The van der Waals surface area contributed by atoms with Gasteiger partial charge < -0.3 is 10.1 Å². The van der Waals surface area contributed by atoms with Gasteiger partial charge in [-0.1, -0.05) is 51.5 Å². The Hall–Kier alpha value is -2.40. The Kier molecular flexibility index (Phi) is 6.41. The van der Waals surface area contributed by atoms with E-state index in [4.69, 9.17) is 4.74 Å². The second kappa shape index (κ2) is 9.33. The van der Waals surface area contributed by atoms with Gasteiger partial charge in [0.05, 0.1) is 6.04 Å². The van der Waals surface area contributed by atoms with Crippen LogP contribution in [0.5, 0.6) is 0 Å². The van der Waals surface area contributed by atoms with Gasteiger partial charge in [-0.25, -0.2) is 9.18 Å². The number of benzene rings is 2. The highest BCUT2D eigenvalue weighted by Gasteiger charge is 2.40. The first-order valence-corrected chi connectivity index (χ1v) is 12.9. The van der Waals surface area contributed by atoms with Crippen LogP contribution < -0.4 is 5.32 Å². The van der Waals surface area contributed by atoms with Gasteiger partial charge in [-0.3, -0.25) is 4.90 Å². The highest BCUT2D eigenvalue weighted by atomic mass is 19.1. The van der Waals surface area contributed by atoms with Gasteiger partial charge in [0, 0.05) is 12.1 Å². The molecule has 3 fully saturated rings. The van der Waals surface area contributed by atoms with Gasteiger partial charge in [0.25, 0.3) is 0 Å². The SMILES string of the molecule is CCCc1cccc(-c2cc3c(cc2F)[C@H](NC(=O)O[C@@H]2CN4CCC2CC4)C(C)(C)CC3)c1. The second-order valence-electron chi connectivity index (χ2n) is 11.1. The van der Waals surface area contributed by atoms with Crippen molar-refractivity contribution in [2.45, 2.75) is 71.4 Å². The molecule has 0 radical (unpaired) electrons. The first kappa shape index (κ1) is 23.3. The molecule has 0 unspecified atom stereocenters. The zero-order chi connectivity index (χ0) is 23.9. The number of alkyl carbamates (subject to hydrolysis) is 1. The zero-order valence-corrected chi connectivity index (χ0v) is 20.7. The van der Waals surface area contributed by atoms with Crippen molar-refractivity contribution in [3.63, 3.8) is 0 Å². The highest BCUT2D eigenvalue weighted by Crippen LogP contribution is 2.45. The molecule has 1 aliphatic carbocycles.